The second-order valence-electron chi connectivity index (χ2n) is 3.24. The highest BCUT2D eigenvalue weighted by molar-refractivity contribution is 6.33. The van der Waals surface area contributed by atoms with Crippen LogP contribution in [0, 0.1) is 0 Å². The minimum atomic E-state index is -0.149. The molecule has 0 aliphatic rings. The van der Waals surface area contributed by atoms with Crippen LogP contribution in [0.5, 0.6) is 0 Å². The quantitative estimate of drug-likeness (QED) is 0.723. The SMILES string of the molecule is COCC(=O)c1c(Cl)cnn1C(C)C. The number of aromatic nitrogens is 2. The van der Waals surface area contributed by atoms with Crippen molar-refractivity contribution in [1.82, 2.24) is 9.78 Å². The minimum absolute atomic E-state index is 0.0259. The van der Waals surface area contributed by atoms with Crippen molar-refractivity contribution in [2.45, 2.75) is 19.9 Å². The molecule has 0 radical (unpaired) electrons. The Bertz CT molecular complexity index is 334. The molecule has 1 rings (SSSR count). The van der Waals surface area contributed by atoms with Gasteiger partial charge < -0.3 is 4.74 Å². The number of rotatable bonds is 4. The summed E-state index contributed by atoms with van der Waals surface area (Å²) in [5.41, 5.74) is 0.420. The molecule has 0 aliphatic carbocycles. The molecule has 0 bridgehead atoms. The van der Waals surface area contributed by atoms with Crippen LogP contribution in [0.15, 0.2) is 6.20 Å². The number of hydrogen-bond acceptors (Lipinski definition) is 3. The van der Waals surface area contributed by atoms with Gasteiger partial charge in [-0.3, -0.25) is 9.48 Å². The Kier molecular flexibility index (Phi) is 3.66. The molecule has 0 saturated carbocycles. The van der Waals surface area contributed by atoms with Gasteiger partial charge in [0.25, 0.3) is 0 Å². The smallest absolute Gasteiger partial charge is 0.207 e. The minimum Gasteiger partial charge on any atom is -0.376 e. The summed E-state index contributed by atoms with van der Waals surface area (Å²) in [5.74, 6) is -0.149. The third-order valence-electron chi connectivity index (χ3n) is 1.78. The molecule has 14 heavy (non-hydrogen) atoms. The number of carbonyl (C=O) groups is 1. The Balaban J connectivity index is 3.04. The van der Waals surface area contributed by atoms with Gasteiger partial charge in [-0.2, -0.15) is 5.10 Å². The van der Waals surface area contributed by atoms with E-state index >= 15 is 0 Å². The molecule has 0 saturated heterocycles. The van der Waals surface area contributed by atoms with Crippen LogP contribution in [0.2, 0.25) is 5.02 Å². The lowest BCUT2D eigenvalue weighted by molar-refractivity contribution is 0.0835. The zero-order valence-electron chi connectivity index (χ0n) is 8.45. The first-order valence-corrected chi connectivity index (χ1v) is 4.70. The molecule has 1 aromatic heterocycles. The van der Waals surface area contributed by atoms with E-state index in [0.29, 0.717) is 10.7 Å². The second kappa shape index (κ2) is 4.57. The molecule has 1 aromatic rings. The topological polar surface area (TPSA) is 44.1 Å². The predicted octanol–water partition coefficient (Wildman–Crippen LogP) is 1.95. The largest absolute Gasteiger partial charge is 0.376 e. The molecule has 0 atom stereocenters. The summed E-state index contributed by atoms with van der Waals surface area (Å²) in [5, 5.41) is 4.40. The van der Waals surface area contributed by atoms with Crippen molar-refractivity contribution in [3.63, 3.8) is 0 Å². The Morgan fingerprint density at radius 3 is 2.86 bits per heavy atom. The van der Waals surface area contributed by atoms with E-state index in [-0.39, 0.29) is 18.4 Å². The molecule has 0 spiro atoms. The van der Waals surface area contributed by atoms with E-state index in [0.717, 1.165) is 0 Å². The molecule has 5 heteroatoms. The van der Waals surface area contributed by atoms with Gasteiger partial charge in [-0.25, -0.2) is 0 Å². The highest BCUT2D eigenvalue weighted by Gasteiger charge is 2.18. The fraction of sp³-hybridized carbons (Fsp3) is 0.556. The zero-order valence-corrected chi connectivity index (χ0v) is 9.21. The van der Waals surface area contributed by atoms with Crippen molar-refractivity contribution in [2.75, 3.05) is 13.7 Å². The number of hydrogen-bond donors (Lipinski definition) is 0. The Hall–Kier alpha value is -0.870. The highest BCUT2D eigenvalue weighted by Crippen LogP contribution is 2.19. The molecule has 0 unspecified atom stereocenters. The van der Waals surface area contributed by atoms with Crippen molar-refractivity contribution >= 4 is 17.4 Å². The van der Waals surface area contributed by atoms with Crippen LogP contribution < -0.4 is 0 Å². The van der Waals surface area contributed by atoms with Gasteiger partial charge in [0.05, 0.1) is 11.2 Å². The summed E-state index contributed by atoms with van der Waals surface area (Å²) in [6.45, 7) is 3.90. The lowest BCUT2D eigenvalue weighted by atomic mass is 10.2. The lowest BCUT2D eigenvalue weighted by Crippen LogP contribution is -2.16. The van der Waals surface area contributed by atoms with Crippen LogP contribution >= 0.6 is 11.6 Å². The zero-order chi connectivity index (χ0) is 10.7. The van der Waals surface area contributed by atoms with E-state index in [1.165, 1.54) is 13.3 Å². The molecule has 0 fully saturated rings. The standard InChI is InChI=1S/C9H13ClN2O2/c1-6(2)12-9(7(10)4-11-12)8(13)5-14-3/h4,6H,5H2,1-3H3. The molecular formula is C9H13ClN2O2. The van der Waals surface area contributed by atoms with E-state index in [4.69, 9.17) is 16.3 Å². The molecule has 1 heterocycles. The highest BCUT2D eigenvalue weighted by atomic mass is 35.5. The third kappa shape index (κ3) is 2.13. The van der Waals surface area contributed by atoms with Crippen LogP contribution in [0.1, 0.15) is 30.4 Å². The maximum Gasteiger partial charge on any atom is 0.207 e. The molecule has 78 valence electrons. The van der Waals surface area contributed by atoms with E-state index < -0.39 is 0 Å². The van der Waals surface area contributed by atoms with E-state index in [9.17, 15) is 4.79 Å². The fourth-order valence-corrected chi connectivity index (χ4v) is 1.43. The first-order valence-electron chi connectivity index (χ1n) is 4.33. The maximum absolute atomic E-state index is 11.6. The Morgan fingerprint density at radius 1 is 1.71 bits per heavy atom. The van der Waals surface area contributed by atoms with Gasteiger partial charge >= 0.3 is 0 Å². The molecule has 0 amide bonds. The first kappa shape index (κ1) is 11.2. The van der Waals surface area contributed by atoms with Crippen molar-refractivity contribution in [3.8, 4) is 0 Å². The number of nitrogens with zero attached hydrogens (tertiary/aromatic N) is 2. The summed E-state index contributed by atoms with van der Waals surface area (Å²) in [6.07, 6.45) is 1.48. The summed E-state index contributed by atoms with van der Waals surface area (Å²) in [7, 11) is 1.47. The van der Waals surface area contributed by atoms with Gasteiger partial charge in [-0.05, 0) is 13.8 Å². The predicted molar refractivity (Wildman–Crippen MR) is 53.8 cm³/mol. The van der Waals surface area contributed by atoms with Gasteiger partial charge in [0.1, 0.15) is 12.3 Å². The average molecular weight is 217 g/mol. The van der Waals surface area contributed by atoms with Crippen molar-refractivity contribution in [3.05, 3.63) is 16.9 Å². The third-order valence-corrected chi connectivity index (χ3v) is 2.06. The van der Waals surface area contributed by atoms with Gasteiger partial charge in [0, 0.05) is 13.2 Å². The van der Waals surface area contributed by atoms with Crippen LogP contribution in [0.25, 0.3) is 0 Å². The molecule has 4 nitrogen and oxygen atoms in total. The van der Waals surface area contributed by atoms with E-state index in [1.54, 1.807) is 4.68 Å². The second-order valence-corrected chi connectivity index (χ2v) is 3.64. The summed E-state index contributed by atoms with van der Waals surface area (Å²) >= 11 is 5.86. The lowest BCUT2D eigenvalue weighted by Gasteiger charge is -2.09. The monoisotopic (exact) mass is 216 g/mol. The Morgan fingerprint density at radius 2 is 2.36 bits per heavy atom. The van der Waals surface area contributed by atoms with Gasteiger partial charge in [0.15, 0.2) is 0 Å². The van der Waals surface area contributed by atoms with Gasteiger partial charge in [-0.1, -0.05) is 11.6 Å². The van der Waals surface area contributed by atoms with Gasteiger partial charge in [-0.15, -0.1) is 0 Å². The van der Waals surface area contributed by atoms with Crippen LogP contribution in [-0.4, -0.2) is 29.3 Å². The number of Topliss-reactive ketones (excluding diaryl/α,β-unsaturated/α-hetero) is 1. The van der Waals surface area contributed by atoms with Gasteiger partial charge in [0.2, 0.25) is 5.78 Å². The maximum atomic E-state index is 11.6. The van der Waals surface area contributed by atoms with Crippen molar-refractivity contribution in [2.24, 2.45) is 0 Å². The van der Waals surface area contributed by atoms with Crippen molar-refractivity contribution in [1.29, 1.82) is 0 Å². The summed E-state index contributed by atoms with van der Waals surface area (Å²) in [4.78, 5) is 11.6. The number of carbonyl (C=O) groups excluding carboxylic acids is 1. The number of ether oxygens (including phenoxy) is 1. The summed E-state index contributed by atoms with van der Waals surface area (Å²) in [6, 6.07) is 0.110. The summed E-state index contributed by atoms with van der Waals surface area (Å²) < 4.78 is 6.37. The molecular weight excluding hydrogens is 204 g/mol. The number of methoxy groups -OCH3 is 1. The average Bonchev–Trinajstić information content (AvgIpc) is 2.47. The normalized spacial score (nSPS) is 10.9. The fourth-order valence-electron chi connectivity index (χ4n) is 1.19. The molecule has 0 aliphatic heterocycles. The van der Waals surface area contributed by atoms with E-state index in [2.05, 4.69) is 5.10 Å². The number of halogens is 1. The number of ketones is 1. The molecule has 0 aromatic carbocycles. The van der Waals surface area contributed by atoms with Crippen LogP contribution in [-0.2, 0) is 4.74 Å². The Labute approximate surface area is 87.8 Å². The first-order chi connectivity index (χ1) is 6.57. The van der Waals surface area contributed by atoms with Crippen molar-refractivity contribution < 1.29 is 9.53 Å². The van der Waals surface area contributed by atoms with Crippen LogP contribution in [0.3, 0.4) is 0 Å². The van der Waals surface area contributed by atoms with Crippen LogP contribution in [0.4, 0.5) is 0 Å². The molecule has 0 N–H and O–H groups in total. The van der Waals surface area contributed by atoms with E-state index in [1.807, 2.05) is 13.8 Å².